The molecule has 0 aliphatic rings. The lowest BCUT2D eigenvalue weighted by Crippen LogP contribution is -2.88. The number of nitrogens with two attached hydrogens (primary N) is 1. The topological polar surface area (TPSA) is 174 Å². The number of aromatic amines is 3. The van der Waals surface area contributed by atoms with Crippen molar-refractivity contribution in [2.24, 2.45) is 0 Å². The van der Waals surface area contributed by atoms with Gasteiger partial charge in [-0.3, -0.25) is 9.59 Å². The third-order valence-corrected chi connectivity index (χ3v) is 4.66. The molecule has 0 bridgehead atoms. The standard InChI is InChI=1S/C8H13N3O.C7H10N2O2.C7H10N2O.4CH4/c1-6(12)8(9-2)3-7-4-10-5-11-7;1-5(10)7(11)2-6-3-8-4-9-6;1-6(10)2-3-7-4-8-5-9-7;;;;/h4-5,8-9H,3H2,1-2H3,(H,10,11);3-4,7,11H,2H2,1H3,(H,8,9);4-5H,2-3H2,1H3,(H,8,9);4*1H4/p+1/t8-;7-;;;;;/m00...../s1. The highest BCUT2D eigenvalue weighted by molar-refractivity contribution is 5.80. The number of hydrogen-bond donors (Lipinski definition) is 5. The molecule has 212 valence electrons. The van der Waals surface area contributed by atoms with Crippen LogP contribution in [0.15, 0.2) is 37.6 Å². The van der Waals surface area contributed by atoms with Crippen LogP contribution in [0.4, 0.5) is 0 Å². The van der Waals surface area contributed by atoms with Gasteiger partial charge >= 0.3 is 0 Å². The van der Waals surface area contributed by atoms with Crippen molar-refractivity contribution in [3.05, 3.63) is 54.7 Å². The Labute approximate surface area is 222 Å². The summed E-state index contributed by atoms with van der Waals surface area (Å²) < 4.78 is 0. The Kier molecular flexibility index (Phi) is 25.3. The van der Waals surface area contributed by atoms with Gasteiger partial charge in [0.1, 0.15) is 11.9 Å². The van der Waals surface area contributed by atoms with Gasteiger partial charge in [0.2, 0.25) is 0 Å². The summed E-state index contributed by atoms with van der Waals surface area (Å²) in [5.74, 6) is 0.196. The van der Waals surface area contributed by atoms with E-state index in [1.54, 1.807) is 45.1 Å². The van der Waals surface area contributed by atoms with Gasteiger partial charge in [-0.25, -0.2) is 15.0 Å². The van der Waals surface area contributed by atoms with Crippen LogP contribution >= 0.6 is 0 Å². The number of quaternary nitrogens is 1. The molecule has 0 aromatic carbocycles. The number of aryl methyl sites for hydroxylation is 1. The molecular weight excluding hydrogens is 474 g/mol. The molecule has 37 heavy (non-hydrogen) atoms. The minimum atomic E-state index is -0.907. The Morgan fingerprint density at radius 3 is 1.54 bits per heavy atom. The van der Waals surface area contributed by atoms with Gasteiger partial charge in [-0.1, -0.05) is 29.7 Å². The number of nitrogens with one attached hydrogen (secondary N) is 3. The summed E-state index contributed by atoms with van der Waals surface area (Å²) in [5.41, 5.74) is 2.80. The first-order chi connectivity index (χ1) is 15.7. The molecule has 11 heteroatoms. The normalized spacial score (nSPS) is 10.6. The summed E-state index contributed by atoms with van der Waals surface area (Å²) >= 11 is 0. The van der Waals surface area contributed by atoms with Crippen LogP contribution in [0, 0.1) is 0 Å². The van der Waals surface area contributed by atoms with E-state index in [9.17, 15) is 14.4 Å². The summed E-state index contributed by atoms with van der Waals surface area (Å²) in [6, 6.07) is 0.0189. The quantitative estimate of drug-likeness (QED) is 0.271. The van der Waals surface area contributed by atoms with E-state index in [1.807, 2.05) is 12.4 Å². The number of ketones is 3. The molecule has 0 saturated heterocycles. The fourth-order valence-electron chi connectivity index (χ4n) is 2.61. The second-order valence-electron chi connectivity index (χ2n) is 7.52. The molecule has 0 spiro atoms. The zero-order valence-electron chi connectivity index (χ0n) is 19.5. The number of Topliss-reactive ketones (excluding diaryl/α,β-unsaturated/α-hetero) is 3. The number of aliphatic hydroxyl groups is 1. The molecule has 0 aliphatic carbocycles. The van der Waals surface area contributed by atoms with Crippen molar-refractivity contribution in [2.75, 3.05) is 7.05 Å². The third-order valence-electron chi connectivity index (χ3n) is 4.66. The minimum Gasteiger partial charge on any atom is -0.385 e. The minimum absolute atomic E-state index is 0. The van der Waals surface area contributed by atoms with Crippen LogP contribution in [-0.4, -0.2) is 71.6 Å². The molecule has 3 rings (SSSR count). The fourth-order valence-corrected chi connectivity index (χ4v) is 2.61. The van der Waals surface area contributed by atoms with Gasteiger partial charge < -0.3 is 30.2 Å². The van der Waals surface area contributed by atoms with Gasteiger partial charge in [-0.2, -0.15) is 0 Å². The smallest absolute Gasteiger partial charge is 0.187 e. The van der Waals surface area contributed by atoms with Crippen LogP contribution in [0.25, 0.3) is 0 Å². The van der Waals surface area contributed by atoms with E-state index in [0.29, 0.717) is 12.8 Å². The Morgan fingerprint density at radius 1 is 0.784 bits per heavy atom. The molecule has 2 atom stereocenters. The van der Waals surface area contributed by atoms with E-state index in [2.05, 4.69) is 29.9 Å². The molecule has 0 amide bonds. The number of nitrogens with zero attached hydrogens (tertiary/aromatic N) is 3. The molecule has 3 heterocycles. The van der Waals surface area contributed by atoms with Crippen LogP contribution in [0.5, 0.6) is 0 Å². The number of hydrogen-bond acceptors (Lipinski definition) is 7. The highest BCUT2D eigenvalue weighted by atomic mass is 16.3. The van der Waals surface area contributed by atoms with Gasteiger partial charge in [0.25, 0.3) is 0 Å². The highest BCUT2D eigenvalue weighted by Gasteiger charge is 2.16. The van der Waals surface area contributed by atoms with E-state index in [4.69, 9.17) is 5.11 Å². The van der Waals surface area contributed by atoms with Gasteiger partial charge in [0.05, 0.1) is 26.0 Å². The number of imidazole rings is 3. The van der Waals surface area contributed by atoms with E-state index >= 15 is 0 Å². The molecule has 11 nitrogen and oxygen atoms in total. The van der Waals surface area contributed by atoms with Crippen LogP contribution in [0.1, 0.15) is 74.0 Å². The lowest BCUT2D eigenvalue weighted by atomic mass is 10.1. The second-order valence-corrected chi connectivity index (χ2v) is 7.52. The molecule has 0 aliphatic heterocycles. The van der Waals surface area contributed by atoms with Crippen molar-refractivity contribution < 1.29 is 24.8 Å². The zero-order valence-corrected chi connectivity index (χ0v) is 19.5. The molecule has 0 unspecified atom stereocenters. The number of aliphatic hydroxyl groups excluding tert-OH is 1. The molecule has 0 fully saturated rings. The first-order valence-electron chi connectivity index (χ1n) is 10.6. The maximum atomic E-state index is 11.0. The van der Waals surface area contributed by atoms with Crippen LogP contribution < -0.4 is 5.32 Å². The Hall–Kier alpha value is -3.44. The zero-order chi connectivity index (χ0) is 24.6. The van der Waals surface area contributed by atoms with Crippen LogP contribution in [0.3, 0.4) is 0 Å². The Balaban J connectivity index is -0.000000210. The number of carbonyl (C=O) groups excluding carboxylic acids is 3. The molecule has 0 saturated carbocycles. The number of H-pyrrole nitrogens is 3. The van der Waals surface area contributed by atoms with E-state index in [-0.39, 0.29) is 53.1 Å². The second kappa shape index (κ2) is 23.0. The molecule has 3 aromatic heterocycles. The summed E-state index contributed by atoms with van der Waals surface area (Å²) in [6.45, 7) is 4.57. The van der Waals surface area contributed by atoms with E-state index in [0.717, 1.165) is 29.9 Å². The monoisotopic (exact) mass is 524 g/mol. The average Bonchev–Trinajstić information content (AvgIpc) is 3.55. The number of aromatic nitrogens is 6. The lowest BCUT2D eigenvalue weighted by Gasteiger charge is -2.06. The van der Waals surface area contributed by atoms with Crippen LogP contribution in [0.2, 0.25) is 0 Å². The average molecular weight is 525 g/mol. The number of carbonyl (C=O) groups is 3. The van der Waals surface area contributed by atoms with Crippen molar-refractivity contribution >= 4 is 17.3 Å². The summed E-state index contributed by atoms with van der Waals surface area (Å²) in [7, 11) is 1.91. The first-order valence-corrected chi connectivity index (χ1v) is 10.6. The number of likely N-dealkylation sites (N-methyl/N-ethyl adjacent to an activating group) is 1. The fraction of sp³-hybridized carbons (Fsp3) is 0.538. The molecule has 0 radical (unpaired) electrons. The first kappa shape index (κ1) is 40.7. The largest absolute Gasteiger partial charge is 0.385 e. The maximum absolute atomic E-state index is 11.0. The van der Waals surface area contributed by atoms with E-state index < -0.39 is 6.10 Å². The Morgan fingerprint density at radius 2 is 1.22 bits per heavy atom. The highest BCUT2D eigenvalue weighted by Crippen LogP contribution is 1.98. The van der Waals surface area contributed by atoms with Gasteiger partial charge in [-0.05, 0) is 20.3 Å². The predicted octanol–water partition coefficient (Wildman–Crippen LogP) is 2.48. The van der Waals surface area contributed by atoms with Crippen molar-refractivity contribution in [1.29, 1.82) is 0 Å². The molecule has 3 aromatic rings. The van der Waals surface area contributed by atoms with Crippen molar-refractivity contribution in [1.82, 2.24) is 29.9 Å². The third kappa shape index (κ3) is 18.5. The summed E-state index contributed by atoms with van der Waals surface area (Å²) in [6.07, 6.45) is 11.4. The van der Waals surface area contributed by atoms with Crippen LogP contribution in [-0.2, 0) is 33.6 Å². The lowest BCUT2D eigenvalue weighted by molar-refractivity contribution is -0.649. The van der Waals surface area contributed by atoms with Crippen molar-refractivity contribution in [2.45, 2.75) is 88.3 Å². The van der Waals surface area contributed by atoms with Gasteiger partial charge in [-0.15, -0.1) is 0 Å². The van der Waals surface area contributed by atoms with Gasteiger partial charge in [0, 0.05) is 61.9 Å². The SMILES string of the molecule is C.C.C.C.CC(=O)CCc1cnc[nH]1.CC(=O)[C@@H](O)Cc1cnc[nH]1.C[NH2+][C@@H](Cc1cnc[nH]1)C(C)=O. The van der Waals surface area contributed by atoms with Crippen molar-refractivity contribution in [3.63, 3.8) is 0 Å². The predicted molar refractivity (Wildman–Crippen MR) is 148 cm³/mol. The number of rotatable bonds is 10. The summed E-state index contributed by atoms with van der Waals surface area (Å²) in [5, 5.41) is 11.0. The molecular formula is C26H50N7O4+. The van der Waals surface area contributed by atoms with Crippen molar-refractivity contribution in [3.8, 4) is 0 Å². The molecule has 6 N–H and O–H groups in total. The van der Waals surface area contributed by atoms with Gasteiger partial charge in [0.15, 0.2) is 17.6 Å². The maximum Gasteiger partial charge on any atom is 0.187 e. The Bertz CT molecular complexity index is 924. The summed E-state index contributed by atoms with van der Waals surface area (Å²) in [4.78, 5) is 52.3. The van der Waals surface area contributed by atoms with E-state index in [1.165, 1.54) is 13.3 Å².